The van der Waals surface area contributed by atoms with Crippen LogP contribution in [0.25, 0.3) is 21.6 Å². The van der Waals surface area contributed by atoms with E-state index in [4.69, 9.17) is 9.47 Å². The molecule has 0 atom stereocenters. The number of rotatable bonds is 10. The number of amides is 3. The highest BCUT2D eigenvalue weighted by Gasteiger charge is 2.32. The number of carbonyl (C=O) groups is 4. The first-order chi connectivity index (χ1) is 21.1. The molecular weight excluding hydrogens is 584 g/mol. The largest absolute Gasteiger partial charge is 0.494 e. The fraction of sp³-hybridized carbons (Fsp3) is 0.355. The van der Waals surface area contributed by atoms with Gasteiger partial charge in [-0.1, -0.05) is 18.2 Å². The number of ketones is 1. The number of benzene rings is 1. The molecule has 0 aliphatic carbocycles. The average molecular weight is 619 g/mol. The minimum atomic E-state index is -0.702. The molecule has 13 heteroatoms. The predicted molar refractivity (Wildman–Crippen MR) is 165 cm³/mol. The Morgan fingerprint density at radius 3 is 2.39 bits per heavy atom. The van der Waals surface area contributed by atoms with Crippen molar-refractivity contribution < 1.29 is 28.7 Å². The van der Waals surface area contributed by atoms with Crippen LogP contribution in [-0.4, -0.2) is 101 Å². The second kappa shape index (κ2) is 12.9. The van der Waals surface area contributed by atoms with Crippen molar-refractivity contribution >= 4 is 45.7 Å². The zero-order valence-corrected chi connectivity index (χ0v) is 25.8. The number of hydrogen-bond acceptors (Lipinski definition) is 9. The van der Waals surface area contributed by atoms with E-state index in [-0.39, 0.29) is 30.5 Å². The Morgan fingerprint density at radius 1 is 1.00 bits per heavy atom. The molecule has 1 aromatic carbocycles. The number of nitrogens with zero attached hydrogens (tertiary/aromatic N) is 4. The Labute approximate surface area is 258 Å². The minimum Gasteiger partial charge on any atom is -0.494 e. The van der Waals surface area contributed by atoms with E-state index in [0.717, 1.165) is 11.3 Å². The molecule has 1 aliphatic rings. The SMILES string of the molecule is COCCC(C)(C)NC(=O)c1cnc(-c2ncc(OC)c3c(C(=O)C(=O)N4CCN(C(=O)c5ccccc5)CC4)c[nH]c23)s1. The smallest absolute Gasteiger partial charge is 0.295 e. The van der Waals surface area contributed by atoms with E-state index in [1.807, 2.05) is 19.9 Å². The molecular formula is C31H34N6O6S. The number of pyridine rings is 1. The molecule has 1 aliphatic heterocycles. The number of aromatic amines is 1. The van der Waals surface area contributed by atoms with Crippen molar-refractivity contribution in [3.05, 3.63) is 64.9 Å². The number of Topliss-reactive ketones (excluding diaryl/α,β-unsaturated/α-hetero) is 1. The Kier molecular flexibility index (Phi) is 9.06. The Balaban J connectivity index is 1.34. The minimum absolute atomic E-state index is 0.108. The number of hydrogen-bond donors (Lipinski definition) is 2. The second-order valence-corrected chi connectivity index (χ2v) is 12.0. The van der Waals surface area contributed by atoms with Crippen LogP contribution in [0.3, 0.4) is 0 Å². The molecule has 2 N–H and O–H groups in total. The summed E-state index contributed by atoms with van der Waals surface area (Å²) in [6.45, 7) is 5.47. The van der Waals surface area contributed by atoms with E-state index < -0.39 is 17.2 Å². The number of methoxy groups -OCH3 is 2. The van der Waals surface area contributed by atoms with Crippen LogP contribution in [0.15, 0.2) is 48.9 Å². The van der Waals surface area contributed by atoms with Gasteiger partial charge < -0.3 is 29.6 Å². The number of piperazine rings is 1. The molecule has 1 saturated heterocycles. The Morgan fingerprint density at radius 2 is 1.70 bits per heavy atom. The van der Waals surface area contributed by atoms with Gasteiger partial charge in [-0.2, -0.15) is 0 Å². The molecule has 5 rings (SSSR count). The molecule has 44 heavy (non-hydrogen) atoms. The van der Waals surface area contributed by atoms with Crippen molar-refractivity contribution in [1.82, 2.24) is 30.1 Å². The molecule has 230 valence electrons. The number of fused-ring (bicyclic) bond motifs is 1. The van der Waals surface area contributed by atoms with E-state index in [0.29, 0.717) is 63.9 Å². The third-order valence-corrected chi connectivity index (χ3v) is 8.53. The predicted octanol–water partition coefficient (Wildman–Crippen LogP) is 3.41. The van der Waals surface area contributed by atoms with Crippen LogP contribution in [0, 0.1) is 0 Å². The van der Waals surface area contributed by atoms with Gasteiger partial charge in [-0.3, -0.25) is 19.2 Å². The number of thiazole rings is 1. The van der Waals surface area contributed by atoms with Crippen molar-refractivity contribution in [2.45, 2.75) is 25.8 Å². The molecule has 0 unspecified atom stereocenters. The van der Waals surface area contributed by atoms with Crippen molar-refractivity contribution in [1.29, 1.82) is 0 Å². The van der Waals surface area contributed by atoms with Crippen LogP contribution in [0.2, 0.25) is 0 Å². The lowest BCUT2D eigenvalue weighted by Gasteiger charge is -2.34. The van der Waals surface area contributed by atoms with Crippen LogP contribution < -0.4 is 10.1 Å². The maximum Gasteiger partial charge on any atom is 0.295 e. The van der Waals surface area contributed by atoms with Crippen LogP contribution in [0.4, 0.5) is 0 Å². The van der Waals surface area contributed by atoms with Gasteiger partial charge in [0.15, 0.2) is 0 Å². The second-order valence-electron chi connectivity index (χ2n) is 11.0. The third kappa shape index (κ3) is 6.33. The summed E-state index contributed by atoms with van der Waals surface area (Å²) in [4.78, 5) is 68.2. The maximum atomic E-state index is 13.5. The van der Waals surface area contributed by atoms with Gasteiger partial charge >= 0.3 is 0 Å². The number of carbonyl (C=O) groups excluding carboxylic acids is 4. The van der Waals surface area contributed by atoms with Gasteiger partial charge in [-0.25, -0.2) is 9.97 Å². The van der Waals surface area contributed by atoms with Crippen molar-refractivity contribution in [3.63, 3.8) is 0 Å². The molecule has 0 radical (unpaired) electrons. The van der Waals surface area contributed by atoms with Gasteiger partial charge in [-0.15, -0.1) is 11.3 Å². The molecule has 0 bridgehead atoms. The van der Waals surface area contributed by atoms with E-state index >= 15 is 0 Å². The lowest BCUT2D eigenvalue weighted by atomic mass is 10.0. The number of aromatic nitrogens is 3. The summed E-state index contributed by atoms with van der Waals surface area (Å²) in [7, 11) is 3.07. The Hall–Kier alpha value is -4.62. The zero-order valence-electron chi connectivity index (χ0n) is 25.0. The molecule has 0 saturated carbocycles. The van der Waals surface area contributed by atoms with Crippen LogP contribution in [0.1, 0.15) is 50.7 Å². The molecule has 3 amide bonds. The third-order valence-electron chi connectivity index (χ3n) is 7.52. The highest BCUT2D eigenvalue weighted by Crippen LogP contribution is 2.36. The lowest BCUT2D eigenvalue weighted by Crippen LogP contribution is -2.52. The van der Waals surface area contributed by atoms with Gasteiger partial charge in [0.1, 0.15) is 21.3 Å². The molecule has 1 fully saturated rings. The molecule has 4 heterocycles. The van der Waals surface area contributed by atoms with E-state index in [1.165, 1.54) is 30.6 Å². The molecule has 0 spiro atoms. The lowest BCUT2D eigenvalue weighted by molar-refractivity contribution is -0.127. The highest BCUT2D eigenvalue weighted by molar-refractivity contribution is 7.17. The van der Waals surface area contributed by atoms with Crippen LogP contribution in [0.5, 0.6) is 5.75 Å². The first-order valence-electron chi connectivity index (χ1n) is 14.1. The summed E-state index contributed by atoms with van der Waals surface area (Å²) < 4.78 is 10.6. The molecule has 4 aromatic rings. The average Bonchev–Trinajstić information content (AvgIpc) is 3.71. The standard InChI is InChI=1S/C31H34N6O6S/c1-31(2,10-15-42-3)35-27(39)22-18-34-28(44-22)25-24-23(21(43-4)17-33-25)20(16-32-24)26(38)30(41)37-13-11-36(12-14-37)29(40)19-8-6-5-7-9-19/h5-9,16-18,32H,10-15H2,1-4H3,(H,35,39). The van der Waals surface area contributed by atoms with E-state index in [9.17, 15) is 19.2 Å². The fourth-order valence-electron chi connectivity index (χ4n) is 5.03. The quantitative estimate of drug-likeness (QED) is 0.203. The summed E-state index contributed by atoms with van der Waals surface area (Å²) >= 11 is 1.16. The Bertz CT molecular complexity index is 1690. The normalized spacial score (nSPS) is 13.6. The summed E-state index contributed by atoms with van der Waals surface area (Å²) in [5, 5.41) is 3.86. The van der Waals surface area contributed by atoms with Crippen LogP contribution >= 0.6 is 11.3 Å². The van der Waals surface area contributed by atoms with Crippen molar-refractivity contribution in [2.24, 2.45) is 0 Å². The zero-order chi connectivity index (χ0) is 31.4. The van der Waals surface area contributed by atoms with Gasteiger partial charge in [-0.05, 0) is 32.4 Å². The number of H-pyrrole nitrogens is 1. The first-order valence-corrected chi connectivity index (χ1v) is 14.9. The number of nitrogens with one attached hydrogen (secondary N) is 2. The van der Waals surface area contributed by atoms with Gasteiger partial charge in [0.05, 0.1) is 36.0 Å². The van der Waals surface area contributed by atoms with Gasteiger partial charge in [0.25, 0.3) is 23.5 Å². The van der Waals surface area contributed by atoms with Gasteiger partial charge in [0.2, 0.25) is 0 Å². The summed E-state index contributed by atoms with van der Waals surface area (Å²) in [6.07, 6.45) is 5.06. The first kappa shape index (κ1) is 30.8. The topological polar surface area (TPSA) is 147 Å². The van der Waals surface area contributed by atoms with E-state index in [2.05, 4.69) is 20.3 Å². The summed E-state index contributed by atoms with van der Waals surface area (Å²) in [5.74, 6) is -1.43. The van der Waals surface area contributed by atoms with Crippen LogP contribution in [-0.2, 0) is 9.53 Å². The summed E-state index contributed by atoms with van der Waals surface area (Å²) in [5.41, 5.74) is 1.12. The summed E-state index contributed by atoms with van der Waals surface area (Å²) in [6, 6.07) is 8.96. The molecule has 12 nitrogen and oxygen atoms in total. The van der Waals surface area contributed by atoms with Crippen molar-refractivity contribution in [2.75, 3.05) is 47.0 Å². The number of ether oxygens (including phenoxy) is 2. The van der Waals surface area contributed by atoms with Crippen molar-refractivity contribution in [3.8, 4) is 16.5 Å². The maximum absolute atomic E-state index is 13.5. The van der Waals surface area contributed by atoms with Gasteiger partial charge in [0, 0.05) is 57.2 Å². The molecule has 3 aromatic heterocycles. The monoisotopic (exact) mass is 618 g/mol. The van der Waals surface area contributed by atoms with E-state index in [1.54, 1.807) is 36.3 Å². The highest BCUT2D eigenvalue weighted by atomic mass is 32.1. The fourth-order valence-corrected chi connectivity index (χ4v) is 5.84.